The summed E-state index contributed by atoms with van der Waals surface area (Å²) < 4.78 is 24.7. The summed E-state index contributed by atoms with van der Waals surface area (Å²) in [6.07, 6.45) is -0.132. The van der Waals surface area contributed by atoms with E-state index >= 15 is 0 Å². The van der Waals surface area contributed by atoms with Gasteiger partial charge in [-0.1, -0.05) is 20.8 Å². The molecular weight excluding hydrogens is 1220 g/mol. The Hall–Kier alpha value is -10.2. The average Bonchev–Trinajstić information content (AvgIpc) is 0.848. The lowest BCUT2D eigenvalue weighted by Gasteiger charge is -2.45. The molecule has 22 heteroatoms. The second kappa shape index (κ2) is 29.6. The first-order valence-electron chi connectivity index (χ1n) is 31.9. The fourth-order valence-electron chi connectivity index (χ4n) is 10.8. The minimum atomic E-state index is -2.16. The Balaban J connectivity index is 0.752. The predicted octanol–water partition coefficient (Wildman–Crippen LogP) is 12.2. The van der Waals surface area contributed by atoms with Crippen LogP contribution >= 0.6 is 0 Å². The van der Waals surface area contributed by atoms with Gasteiger partial charge >= 0.3 is 0 Å². The van der Waals surface area contributed by atoms with Gasteiger partial charge in [-0.25, -0.2) is 0 Å². The van der Waals surface area contributed by atoms with Crippen molar-refractivity contribution in [2.24, 2.45) is 0 Å². The molecule has 2 fully saturated rings. The maximum atomic E-state index is 13.6. The van der Waals surface area contributed by atoms with Crippen molar-refractivity contribution in [2.45, 2.75) is 89.6 Å². The number of amides is 4. The van der Waals surface area contributed by atoms with Crippen LogP contribution in [0.2, 0.25) is 0 Å². The number of nitrogens with one attached hydrogen (secondary N) is 4. The number of ether oxygens (including phenoxy) is 4. The van der Waals surface area contributed by atoms with Crippen LogP contribution in [0.5, 0.6) is 46.0 Å². The Kier molecular flexibility index (Phi) is 21.2. The van der Waals surface area contributed by atoms with Crippen LogP contribution in [0.3, 0.4) is 0 Å². The van der Waals surface area contributed by atoms with E-state index in [4.69, 9.17) is 18.9 Å². The monoisotopic (exact) mass is 1300 g/mol. The molecule has 8 aromatic carbocycles. The van der Waals surface area contributed by atoms with E-state index in [1.54, 1.807) is 118 Å². The summed E-state index contributed by atoms with van der Waals surface area (Å²) in [6, 6.07) is 58.3. The molecular formula is C74H84N10O12. The zero-order valence-corrected chi connectivity index (χ0v) is 55.3. The number of hydrogen-bond acceptors (Lipinski definition) is 18. The summed E-state index contributed by atoms with van der Waals surface area (Å²) in [5, 5.41) is 54.7. The van der Waals surface area contributed by atoms with Crippen LogP contribution < -0.4 is 59.8 Å². The maximum absolute atomic E-state index is 13.6. The van der Waals surface area contributed by atoms with Crippen LogP contribution in [0.15, 0.2) is 194 Å². The Morgan fingerprint density at radius 1 is 0.323 bits per heavy atom. The maximum Gasteiger partial charge on any atom is 0.256 e. The number of carbonyl (C=O) groups is 4. The van der Waals surface area contributed by atoms with Crippen molar-refractivity contribution < 1.29 is 58.6 Å². The third-order valence-electron chi connectivity index (χ3n) is 17.0. The van der Waals surface area contributed by atoms with Gasteiger partial charge in [-0.05, 0) is 248 Å². The number of aliphatic hydroxyl groups is 4. The standard InChI is InChI=1S/C74H84N10O12/c1-9-71(4,89)67(85)75-51-12-28-59(29-13-51)93-64-38-22-56(23-39-64)82-48-83(57-24-40-65(41-25-57)94-60-30-14-52(15-31-60)76-68(86)72(5,90)10-2)50-84(49-82)58-26-42-66(43-27-58)95-61-32-16-53(17-33-61)77-69(87)73(6,91)44-74(92,11-3)70(88)78-54-18-34-62(35-19-54)96-63-36-20-55(21-37-63)81-46-79(7)45-80(8)47-81/h12-43,89-92H,9-11,44-50H2,1-8H3,(H,75,85)(H,76,86)(H,77,87)(H,78,88). The van der Waals surface area contributed by atoms with Gasteiger partial charge in [0, 0.05) is 51.9 Å². The number of nitrogens with zero attached hydrogens (tertiary/aromatic N) is 6. The van der Waals surface area contributed by atoms with Crippen molar-refractivity contribution in [1.29, 1.82) is 0 Å². The minimum absolute atomic E-state index is 0.0882. The molecule has 96 heavy (non-hydrogen) atoms. The first-order valence-corrected chi connectivity index (χ1v) is 31.9. The molecule has 22 nitrogen and oxygen atoms in total. The van der Waals surface area contributed by atoms with Gasteiger partial charge in [0.15, 0.2) is 0 Å². The Bertz CT molecular complexity index is 3800. The fourth-order valence-corrected chi connectivity index (χ4v) is 10.8. The molecule has 8 aromatic rings. The Morgan fingerprint density at radius 3 is 0.781 bits per heavy atom. The molecule has 0 spiro atoms. The molecule has 4 unspecified atom stereocenters. The van der Waals surface area contributed by atoms with Gasteiger partial charge in [0.1, 0.15) is 68.4 Å². The zero-order chi connectivity index (χ0) is 68.4. The highest BCUT2D eigenvalue weighted by atomic mass is 16.5. The third kappa shape index (κ3) is 17.6. The van der Waals surface area contributed by atoms with Gasteiger partial charge in [0.05, 0.1) is 40.0 Å². The largest absolute Gasteiger partial charge is 0.457 e. The zero-order valence-electron chi connectivity index (χ0n) is 55.3. The number of anilines is 8. The highest BCUT2D eigenvalue weighted by Gasteiger charge is 2.45. The van der Waals surface area contributed by atoms with Crippen molar-refractivity contribution in [2.75, 3.05) is 95.0 Å². The molecule has 4 atom stereocenters. The fraction of sp³-hybridized carbons (Fsp3) is 0.297. The molecule has 4 amide bonds. The summed E-state index contributed by atoms with van der Waals surface area (Å²) in [4.78, 5) is 65.7. The lowest BCUT2D eigenvalue weighted by molar-refractivity contribution is -0.149. The first-order chi connectivity index (χ1) is 45.8. The van der Waals surface area contributed by atoms with E-state index in [-0.39, 0.29) is 19.3 Å². The number of carbonyl (C=O) groups excluding carboxylic acids is 4. The van der Waals surface area contributed by atoms with E-state index in [2.05, 4.69) is 64.8 Å². The van der Waals surface area contributed by atoms with Gasteiger partial charge < -0.3 is 80.2 Å². The van der Waals surface area contributed by atoms with E-state index in [1.807, 2.05) is 97.1 Å². The SMILES string of the molecule is CCC(C)(O)C(=O)Nc1ccc(Oc2ccc(N3CN(c4ccc(Oc5ccc(NC(=O)C(C)(O)CC)cc5)cc4)CN(c4ccc(Oc5ccc(NC(=O)C(C)(O)CC(O)(CC)C(=O)Nc6ccc(Oc7ccc(N8CN(C)CN(C)C8)cc7)cc6)cc5)cc4)C3)cc2)cc1. The van der Waals surface area contributed by atoms with Crippen molar-refractivity contribution >= 4 is 69.1 Å². The van der Waals surface area contributed by atoms with Gasteiger partial charge in [-0.2, -0.15) is 0 Å². The van der Waals surface area contributed by atoms with Crippen LogP contribution in [0.25, 0.3) is 0 Å². The summed E-state index contributed by atoms with van der Waals surface area (Å²) in [7, 11) is 4.16. The molecule has 2 aliphatic rings. The predicted molar refractivity (Wildman–Crippen MR) is 373 cm³/mol. The molecule has 0 bridgehead atoms. The van der Waals surface area contributed by atoms with Crippen LogP contribution in [0, 0.1) is 0 Å². The normalized spacial score (nSPS) is 16.2. The molecule has 2 saturated heterocycles. The molecule has 2 heterocycles. The number of hydrogen-bond donors (Lipinski definition) is 8. The first kappa shape index (κ1) is 68.7. The minimum Gasteiger partial charge on any atom is -0.457 e. The van der Waals surface area contributed by atoms with Crippen molar-refractivity contribution in [3.05, 3.63) is 194 Å². The lowest BCUT2D eigenvalue weighted by atomic mass is 9.84. The van der Waals surface area contributed by atoms with Crippen molar-refractivity contribution in [3.8, 4) is 46.0 Å². The molecule has 0 saturated carbocycles. The van der Waals surface area contributed by atoms with Gasteiger partial charge in [-0.15, -0.1) is 0 Å². The van der Waals surface area contributed by atoms with Crippen molar-refractivity contribution in [3.63, 3.8) is 0 Å². The van der Waals surface area contributed by atoms with Crippen molar-refractivity contribution in [1.82, 2.24) is 9.80 Å². The van der Waals surface area contributed by atoms with Gasteiger partial charge in [-0.3, -0.25) is 29.0 Å². The second-order valence-corrected chi connectivity index (χ2v) is 25.1. The Morgan fingerprint density at radius 2 is 0.542 bits per heavy atom. The van der Waals surface area contributed by atoms with Crippen LogP contribution in [-0.4, -0.2) is 130 Å². The van der Waals surface area contributed by atoms with Crippen LogP contribution in [0.1, 0.15) is 67.2 Å². The molecule has 8 N–H and O–H groups in total. The summed E-state index contributed by atoms with van der Waals surface area (Å²) in [5.41, 5.74) is -1.58. The van der Waals surface area contributed by atoms with Crippen LogP contribution in [0.4, 0.5) is 45.5 Å². The van der Waals surface area contributed by atoms with E-state index in [0.29, 0.717) is 88.8 Å². The smallest absolute Gasteiger partial charge is 0.256 e. The Labute approximate surface area is 559 Å². The molecule has 0 aromatic heterocycles. The molecule has 10 rings (SSSR count). The number of benzene rings is 8. The van der Waals surface area contributed by atoms with E-state index in [1.165, 1.54) is 20.8 Å². The topological polar surface area (TPSA) is 254 Å². The summed E-state index contributed by atoms with van der Waals surface area (Å²) in [5.74, 6) is 2.00. The van der Waals surface area contributed by atoms with E-state index < -0.39 is 52.5 Å². The summed E-state index contributed by atoms with van der Waals surface area (Å²) in [6.45, 7) is 13.4. The second-order valence-electron chi connectivity index (χ2n) is 25.1. The highest BCUT2D eigenvalue weighted by Crippen LogP contribution is 2.35. The molecule has 0 aliphatic carbocycles. The third-order valence-corrected chi connectivity index (χ3v) is 17.0. The van der Waals surface area contributed by atoms with Gasteiger partial charge in [0.2, 0.25) is 0 Å². The molecule has 2 aliphatic heterocycles. The molecule has 0 radical (unpaired) electrons. The number of rotatable bonds is 25. The van der Waals surface area contributed by atoms with E-state index in [0.717, 1.165) is 42.8 Å². The highest BCUT2D eigenvalue weighted by molar-refractivity contribution is 6.01. The summed E-state index contributed by atoms with van der Waals surface area (Å²) >= 11 is 0. The van der Waals surface area contributed by atoms with Crippen LogP contribution in [-0.2, 0) is 19.2 Å². The van der Waals surface area contributed by atoms with E-state index in [9.17, 15) is 39.6 Å². The average molecular weight is 1310 g/mol. The quantitative estimate of drug-likeness (QED) is 0.0265. The molecule has 502 valence electrons. The van der Waals surface area contributed by atoms with Gasteiger partial charge in [0.25, 0.3) is 23.6 Å². The lowest BCUT2D eigenvalue weighted by Crippen LogP contribution is -2.55.